The van der Waals surface area contributed by atoms with Crippen molar-refractivity contribution in [1.29, 1.82) is 0 Å². The molecule has 1 aliphatic heterocycles. The van der Waals surface area contributed by atoms with Crippen LogP contribution in [0.15, 0.2) is 53.8 Å². The summed E-state index contributed by atoms with van der Waals surface area (Å²) in [6, 6.07) is 7.67. The van der Waals surface area contributed by atoms with Gasteiger partial charge in [0.05, 0.1) is 5.75 Å². The minimum absolute atomic E-state index is 0.169. The van der Waals surface area contributed by atoms with Crippen LogP contribution in [-0.4, -0.2) is 41.5 Å². The molecule has 1 saturated heterocycles. The first-order valence-electron chi connectivity index (χ1n) is 8.60. The molecule has 1 aromatic heterocycles. The zero-order valence-corrected chi connectivity index (χ0v) is 15.6. The van der Waals surface area contributed by atoms with Crippen molar-refractivity contribution in [2.45, 2.75) is 19.4 Å². The molecule has 0 spiro atoms. The van der Waals surface area contributed by atoms with Crippen LogP contribution in [0, 0.1) is 0 Å². The number of sulfonamides is 1. The van der Waals surface area contributed by atoms with Gasteiger partial charge < -0.3 is 9.88 Å². The van der Waals surface area contributed by atoms with Gasteiger partial charge in [-0.3, -0.25) is 4.79 Å². The molecule has 7 heteroatoms. The Morgan fingerprint density at radius 2 is 2.08 bits per heavy atom. The molecule has 0 bridgehead atoms. The Labute approximate surface area is 152 Å². The second-order valence-electron chi connectivity index (χ2n) is 6.85. The van der Waals surface area contributed by atoms with Gasteiger partial charge in [-0.2, -0.15) is 4.31 Å². The van der Waals surface area contributed by atoms with Crippen molar-refractivity contribution in [3.63, 3.8) is 0 Å². The number of anilines is 1. The summed E-state index contributed by atoms with van der Waals surface area (Å²) in [4.78, 5) is 12.7. The molecule has 136 valence electrons. The first kappa shape index (κ1) is 17.1. The highest BCUT2D eigenvalue weighted by Gasteiger charge is 2.38. The fourth-order valence-electron chi connectivity index (χ4n) is 3.57. The number of nitrogens with one attached hydrogen (secondary N) is 1. The number of nitrogens with zero attached hydrogens (tertiary/aromatic N) is 2. The largest absolute Gasteiger partial charge is 0.350 e. The monoisotopic (exact) mass is 371 g/mol. The maximum absolute atomic E-state index is 12.7. The van der Waals surface area contributed by atoms with E-state index in [4.69, 9.17) is 0 Å². The highest BCUT2D eigenvalue weighted by molar-refractivity contribution is 7.90. The van der Waals surface area contributed by atoms with E-state index in [1.165, 1.54) is 4.31 Å². The SMILES string of the molecule is CC1=CC(N2CCS2(=O)=O)CC=C1C(=O)Nc1ccc2ccn(C)c2c1. The molecule has 2 aromatic rings. The minimum atomic E-state index is -3.09. The Morgan fingerprint density at radius 3 is 2.73 bits per heavy atom. The fourth-order valence-corrected chi connectivity index (χ4v) is 4.83. The second kappa shape index (κ2) is 6.10. The van der Waals surface area contributed by atoms with Crippen molar-refractivity contribution in [1.82, 2.24) is 8.87 Å². The smallest absolute Gasteiger partial charge is 0.255 e. The molecule has 1 fully saturated rings. The van der Waals surface area contributed by atoms with Crippen LogP contribution < -0.4 is 5.32 Å². The number of fused-ring (bicyclic) bond motifs is 1. The molecule has 0 saturated carbocycles. The summed E-state index contributed by atoms with van der Waals surface area (Å²) in [6.07, 6.45) is 6.23. The first-order chi connectivity index (χ1) is 12.3. The standard InChI is InChI=1S/C19H21N3O3S/c1-13-11-16(22-9-10-26(22,24)25)5-6-17(13)19(23)20-15-4-3-14-7-8-21(2)18(14)12-15/h3-4,6-8,11-12,16H,5,9-10H2,1-2H3,(H,20,23). The van der Waals surface area contributed by atoms with Gasteiger partial charge in [-0.25, -0.2) is 8.42 Å². The van der Waals surface area contributed by atoms with E-state index >= 15 is 0 Å². The molecule has 6 nitrogen and oxygen atoms in total. The summed E-state index contributed by atoms with van der Waals surface area (Å²) in [5.41, 5.74) is 3.20. The molecule has 1 aliphatic carbocycles. The Bertz CT molecular complexity index is 1060. The van der Waals surface area contributed by atoms with Gasteiger partial charge in [0.2, 0.25) is 10.0 Å². The van der Waals surface area contributed by atoms with Gasteiger partial charge >= 0.3 is 0 Å². The van der Waals surface area contributed by atoms with Crippen molar-refractivity contribution in [3.05, 3.63) is 53.8 Å². The Kier molecular flexibility index (Phi) is 4.00. The molecule has 2 heterocycles. The molecule has 1 amide bonds. The van der Waals surface area contributed by atoms with Gasteiger partial charge in [0.15, 0.2) is 0 Å². The Morgan fingerprint density at radius 1 is 1.27 bits per heavy atom. The van der Waals surface area contributed by atoms with Gasteiger partial charge in [-0.15, -0.1) is 0 Å². The molecule has 1 atom stereocenters. The quantitative estimate of drug-likeness (QED) is 0.901. The van der Waals surface area contributed by atoms with E-state index in [1.54, 1.807) is 0 Å². The molecule has 2 aliphatic rings. The van der Waals surface area contributed by atoms with Crippen molar-refractivity contribution in [3.8, 4) is 0 Å². The number of aromatic nitrogens is 1. The van der Waals surface area contributed by atoms with Crippen molar-refractivity contribution in [2.24, 2.45) is 7.05 Å². The van der Waals surface area contributed by atoms with Gasteiger partial charge in [0.25, 0.3) is 5.91 Å². The lowest BCUT2D eigenvalue weighted by Gasteiger charge is -2.37. The molecule has 26 heavy (non-hydrogen) atoms. The average Bonchev–Trinajstić information content (AvgIpc) is 2.95. The normalized spacial score (nSPS) is 22.5. The van der Waals surface area contributed by atoms with Crippen LogP contribution in [0.2, 0.25) is 0 Å². The van der Waals surface area contributed by atoms with Crippen LogP contribution >= 0.6 is 0 Å². The third-order valence-electron chi connectivity index (χ3n) is 5.12. The van der Waals surface area contributed by atoms with Gasteiger partial charge in [0.1, 0.15) is 0 Å². The lowest BCUT2D eigenvalue weighted by molar-refractivity contribution is -0.112. The highest BCUT2D eigenvalue weighted by Crippen LogP contribution is 2.28. The molecule has 1 aromatic carbocycles. The summed E-state index contributed by atoms with van der Waals surface area (Å²) in [6.45, 7) is 2.41. The third-order valence-corrected chi connectivity index (χ3v) is 6.98. The van der Waals surface area contributed by atoms with E-state index in [-0.39, 0.29) is 17.7 Å². The maximum Gasteiger partial charge on any atom is 0.255 e. The minimum Gasteiger partial charge on any atom is -0.350 e. The molecule has 1 N–H and O–H groups in total. The number of hydrogen-bond acceptors (Lipinski definition) is 3. The summed E-state index contributed by atoms with van der Waals surface area (Å²) in [7, 11) is -1.13. The second-order valence-corrected chi connectivity index (χ2v) is 8.89. The van der Waals surface area contributed by atoms with Crippen molar-refractivity contribution in [2.75, 3.05) is 17.6 Å². The maximum atomic E-state index is 12.7. The van der Waals surface area contributed by atoms with E-state index < -0.39 is 10.0 Å². The van der Waals surface area contributed by atoms with Crippen molar-refractivity contribution < 1.29 is 13.2 Å². The van der Waals surface area contributed by atoms with Crippen LogP contribution in [0.1, 0.15) is 13.3 Å². The topological polar surface area (TPSA) is 71.4 Å². The van der Waals surface area contributed by atoms with E-state index in [1.807, 2.05) is 61.2 Å². The number of rotatable bonds is 3. The van der Waals surface area contributed by atoms with E-state index in [0.717, 1.165) is 22.2 Å². The molecule has 1 unspecified atom stereocenters. The van der Waals surface area contributed by atoms with E-state index in [9.17, 15) is 13.2 Å². The lowest BCUT2D eigenvalue weighted by atomic mass is 9.95. The molecular formula is C19H21N3O3S. The number of carbonyl (C=O) groups excluding carboxylic acids is 1. The third kappa shape index (κ3) is 2.87. The summed E-state index contributed by atoms with van der Waals surface area (Å²) < 4.78 is 27.1. The van der Waals surface area contributed by atoms with Gasteiger partial charge in [-0.05, 0) is 42.5 Å². The fraction of sp³-hybridized carbons (Fsp3) is 0.316. The number of benzene rings is 1. The zero-order valence-electron chi connectivity index (χ0n) is 14.8. The molecule has 0 radical (unpaired) electrons. The van der Waals surface area contributed by atoms with E-state index in [2.05, 4.69) is 5.32 Å². The average molecular weight is 371 g/mol. The zero-order chi connectivity index (χ0) is 18.5. The van der Waals surface area contributed by atoms with Crippen molar-refractivity contribution >= 4 is 32.5 Å². The van der Waals surface area contributed by atoms with Crippen LogP contribution in [0.4, 0.5) is 5.69 Å². The predicted molar refractivity (Wildman–Crippen MR) is 102 cm³/mol. The van der Waals surface area contributed by atoms with Gasteiger partial charge in [0, 0.05) is 42.6 Å². The summed E-state index contributed by atoms with van der Waals surface area (Å²) in [5.74, 6) is 0.0481. The first-order valence-corrected chi connectivity index (χ1v) is 10.2. The van der Waals surface area contributed by atoms with Crippen LogP contribution in [0.3, 0.4) is 0 Å². The number of carbonyl (C=O) groups is 1. The number of amides is 1. The van der Waals surface area contributed by atoms with Gasteiger partial charge in [-0.1, -0.05) is 18.2 Å². The number of aryl methyl sites for hydroxylation is 1. The predicted octanol–water partition coefficient (Wildman–Crippen LogP) is 2.41. The van der Waals surface area contributed by atoms with Crippen LogP contribution in [-0.2, 0) is 21.9 Å². The van der Waals surface area contributed by atoms with E-state index in [0.29, 0.717) is 18.5 Å². The number of hydrogen-bond donors (Lipinski definition) is 1. The highest BCUT2D eigenvalue weighted by atomic mass is 32.2. The molecular weight excluding hydrogens is 350 g/mol. The molecule has 4 rings (SSSR count). The Hall–Kier alpha value is -2.38. The van der Waals surface area contributed by atoms with Crippen LogP contribution in [0.5, 0.6) is 0 Å². The Balaban J connectivity index is 1.50. The summed E-state index contributed by atoms with van der Waals surface area (Å²) in [5, 5.41) is 4.07. The lowest BCUT2D eigenvalue weighted by Crippen LogP contribution is -2.52. The summed E-state index contributed by atoms with van der Waals surface area (Å²) >= 11 is 0. The van der Waals surface area contributed by atoms with Crippen LogP contribution in [0.25, 0.3) is 10.9 Å².